The van der Waals surface area contributed by atoms with Crippen LogP contribution in [0.25, 0.3) is 0 Å². The lowest BCUT2D eigenvalue weighted by Crippen LogP contribution is -2.21. The van der Waals surface area contributed by atoms with Gasteiger partial charge in [0.05, 0.1) is 6.21 Å². The minimum atomic E-state index is 0.322. The van der Waals surface area contributed by atoms with Gasteiger partial charge in [0.2, 0.25) is 17.8 Å². The molecule has 0 spiro atoms. The van der Waals surface area contributed by atoms with Crippen LogP contribution >= 0.6 is 0 Å². The minimum Gasteiger partial charge on any atom is -0.372 e. The zero-order valence-corrected chi connectivity index (χ0v) is 19.3. The quantitative estimate of drug-likeness (QED) is 0.211. The van der Waals surface area contributed by atoms with E-state index in [-0.39, 0.29) is 0 Å². The Morgan fingerprint density at radius 2 is 1.18 bits per heavy atom. The lowest BCUT2D eigenvalue weighted by Gasteiger charge is -2.20. The number of hydrogen-bond acceptors (Lipinski definition) is 8. The van der Waals surface area contributed by atoms with E-state index in [1.807, 2.05) is 72.8 Å². The number of benzene rings is 3. The highest BCUT2D eigenvalue weighted by Crippen LogP contribution is 2.19. The van der Waals surface area contributed by atoms with E-state index < -0.39 is 0 Å². The summed E-state index contributed by atoms with van der Waals surface area (Å²) >= 11 is 0. The number of anilines is 6. The fraction of sp³-hybridized carbons (Fsp3) is 0.154. The molecule has 0 aliphatic rings. The number of para-hydroxylation sites is 2. The maximum Gasteiger partial charge on any atom is 0.250 e. The molecule has 172 valence electrons. The van der Waals surface area contributed by atoms with Gasteiger partial charge in [0.1, 0.15) is 0 Å². The molecule has 0 amide bonds. The van der Waals surface area contributed by atoms with Crippen molar-refractivity contribution in [3.05, 3.63) is 90.5 Å². The molecule has 3 aromatic carbocycles. The van der Waals surface area contributed by atoms with Gasteiger partial charge in [0.25, 0.3) is 0 Å². The Morgan fingerprint density at radius 1 is 0.676 bits per heavy atom. The second-order valence-corrected chi connectivity index (χ2v) is 7.42. The SMILES string of the molecule is CCN(CC)c1ccc(/C=N\Nc2nc(Nc3ccccc3)nc(Nc3ccccc3)n2)cc1. The third-order valence-electron chi connectivity index (χ3n) is 5.10. The fourth-order valence-electron chi connectivity index (χ4n) is 3.36. The molecule has 4 aromatic rings. The third kappa shape index (κ3) is 6.29. The van der Waals surface area contributed by atoms with E-state index in [2.05, 4.69) is 67.0 Å². The molecule has 0 radical (unpaired) electrons. The molecule has 0 unspecified atom stereocenters. The monoisotopic (exact) mass is 452 g/mol. The maximum absolute atomic E-state index is 4.49. The highest BCUT2D eigenvalue weighted by molar-refractivity contribution is 5.80. The number of aromatic nitrogens is 3. The number of nitrogens with zero attached hydrogens (tertiary/aromatic N) is 5. The van der Waals surface area contributed by atoms with Gasteiger partial charge in [-0.1, -0.05) is 48.5 Å². The Balaban J connectivity index is 1.51. The van der Waals surface area contributed by atoms with Gasteiger partial charge in [-0.15, -0.1) is 0 Å². The average molecular weight is 453 g/mol. The zero-order chi connectivity index (χ0) is 23.6. The first-order valence-electron chi connectivity index (χ1n) is 11.3. The van der Waals surface area contributed by atoms with Crippen molar-refractivity contribution in [2.24, 2.45) is 5.10 Å². The number of hydrazone groups is 1. The highest BCUT2D eigenvalue weighted by atomic mass is 15.4. The summed E-state index contributed by atoms with van der Waals surface area (Å²) in [5.74, 6) is 1.13. The van der Waals surface area contributed by atoms with Crippen LogP contribution in [0, 0.1) is 0 Å². The van der Waals surface area contributed by atoms with E-state index in [1.165, 1.54) is 5.69 Å². The molecule has 3 N–H and O–H groups in total. The summed E-state index contributed by atoms with van der Waals surface area (Å²) in [5.41, 5.74) is 6.85. The molecule has 4 rings (SSSR count). The van der Waals surface area contributed by atoms with Crippen molar-refractivity contribution in [2.75, 3.05) is 34.0 Å². The Bertz CT molecular complexity index is 1130. The molecule has 1 heterocycles. The molecule has 0 saturated carbocycles. The molecule has 1 aromatic heterocycles. The molecule has 8 heteroatoms. The lowest BCUT2D eigenvalue weighted by molar-refractivity contribution is 0.866. The largest absolute Gasteiger partial charge is 0.372 e. The van der Waals surface area contributed by atoms with Crippen molar-refractivity contribution < 1.29 is 0 Å². The topological polar surface area (TPSA) is 90.4 Å². The van der Waals surface area contributed by atoms with Crippen LogP contribution in [0.5, 0.6) is 0 Å². The van der Waals surface area contributed by atoms with Crippen LogP contribution in [0.1, 0.15) is 19.4 Å². The summed E-state index contributed by atoms with van der Waals surface area (Å²) in [6, 6.07) is 27.8. The Morgan fingerprint density at radius 3 is 1.68 bits per heavy atom. The van der Waals surface area contributed by atoms with Crippen LogP contribution < -0.4 is 21.0 Å². The molecule has 8 nitrogen and oxygen atoms in total. The van der Waals surface area contributed by atoms with Crippen molar-refractivity contribution >= 4 is 41.1 Å². The predicted octanol–water partition coefficient (Wildman–Crippen LogP) is 5.65. The van der Waals surface area contributed by atoms with Gasteiger partial charge in [-0.3, -0.25) is 0 Å². The van der Waals surface area contributed by atoms with Gasteiger partial charge in [0, 0.05) is 30.2 Å². The molecule has 0 bridgehead atoms. The molecule has 0 atom stereocenters. The fourth-order valence-corrected chi connectivity index (χ4v) is 3.36. The van der Waals surface area contributed by atoms with Gasteiger partial charge in [-0.05, 0) is 55.8 Å². The number of hydrogen-bond donors (Lipinski definition) is 3. The summed E-state index contributed by atoms with van der Waals surface area (Å²) in [4.78, 5) is 15.7. The molecule has 0 fully saturated rings. The summed E-state index contributed by atoms with van der Waals surface area (Å²) in [6.45, 7) is 6.26. The van der Waals surface area contributed by atoms with E-state index >= 15 is 0 Å². The number of rotatable bonds is 10. The van der Waals surface area contributed by atoms with Gasteiger partial charge in [0.15, 0.2) is 0 Å². The first-order chi connectivity index (χ1) is 16.7. The van der Waals surface area contributed by atoms with E-state index in [1.54, 1.807) is 6.21 Å². The second-order valence-electron chi connectivity index (χ2n) is 7.42. The Hall–Kier alpha value is -4.46. The van der Waals surface area contributed by atoms with Crippen LogP contribution in [0.3, 0.4) is 0 Å². The van der Waals surface area contributed by atoms with Crippen molar-refractivity contribution in [3.63, 3.8) is 0 Å². The smallest absolute Gasteiger partial charge is 0.250 e. The van der Waals surface area contributed by atoms with Crippen LogP contribution in [0.2, 0.25) is 0 Å². The molecule has 0 saturated heterocycles. The third-order valence-corrected chi connectivity index (χ3v) is 5.10. The summed E-state index contributed by atoms with van der Waals surface area (Å²) in [6.07, 6.45) is 1.74. The van der Waals surface area contributed by atoms with Crippen molar-refractivity contribution in [1.29, 1.82) is 0 Å². The van der Waals surface area contributed by atoms with Crippen LogP contribution in [0.4, 0.5) is 34.9 Å². The van der Waals surface area contributed by atoms with Gasteiger partial charge in [-0.25, -0.2) is 5.43 Å². The van der Waals surface area contributed by atoms with Crippen LogP contribution in [-0.4, -0.2) is 34.3 Å². The summed E-state index contributed by atoms with van der Waals surface area (Å²) < 4.78 is 0. The van der Waals surface area contributed by atoms with Gasteiger partial charge >= 0.3 is 0 Å². The van der Waals surface area contributed by atoms with E-state index in [4.69, 9.17) is 0 Å². The first kappa shape index (κ1) is 22.7. The summed E-state index contributed by atoms with van der Waals surface area (Å²) in [7, 11) is 0. The first-order valence-corrected chi connectivity index (χ1v) is 11.3. The normalized spacial score (nSPS) is 10.8. The summed E-state index contributed by atoms with van der Waals surface area (Å²) in [5, 5.41) is 10.7. The Labute approximate surface area is 199 Å². The second kappa shape index (κ2) is 11.4. The molecule has 0 aliphatic carbocycles. The minimum absolute atomic E-state index is 0.322. The predicted molar refractivity (Wildman–Crippen MR) is 140 cm³/mol. The molecule has 0 aliphatic heterocycles. The van der Waals surface area contributed by atoms with Gasteiger partial charge < -0.3 is 15.5 Å². The maximum atomic E-state index is 4.49. The number of nitrogens with one attached hydrogen (secondary N) is 3. The van der Waals surface area contributed by atoms with Crippen molar-refractivity contribution in [1.82, 2.24) is 15.0 Å². The molecule has 34 heavy (non-hydrogen) atoms. The lowest BCUT2D eigenvalue weighted by atomic mass is 10.2. The van der Waals surface area contributed by atoms with Crippen LogP contribution in [-0.2, 0) is 0 Å². The van der Waals surface area contributed by atoms with Crippen molar-refractivity contribution in [3.8, 4) is 0 Å². The molecular weight excluding hydrogens is 424 g/mol. The van der Waals surface area contributed by atoms with Crippen molar-refractivity contribution in [2.45, 2.75) is 13.8 Å². The standard InChI is InChI=1S/C26H28N8/c1-3-34(4-2)23-17-15-20(16-18-23)19-27-33-26-31-24(28-21-11-7-5-8-12-21)30-25(32-26)29-22-13-9-6-10-14-22/h5-19H,3-4H2,1-2H3,(H3,28,29,30,31,32,33)/b27-19-. The van der Waals surface area contributed by atoms with E-state index in [0.717, 1.165) is 30.0 Å². The molecular formula is C26H28N8. The van der Waals surface area contributed by atoms with Gasteiger partial charge in [-0.2, -0.15) is 20.1 Å². The van der Waals surface area contributed by atoms with Crippen LogP contribution in [0.15, 0.2) is 90.0 Å². The Kier molecular flexibility index (Phi) is 7.63. The van der Waals surface area contributed by atoms with E-state index in [0.29, 0.717) is 17.8 Å². The zero-order valence-electron chi connectivity index (χ0n) is 19.3. The average Bonchev–Trinajstić information content (AvgIpc) is 2.87. The highest BCUT2D eigenvalue weighted by Gasteiger charge is 2.07. The van der Waals surface area contributed by atoms with E-state index in [9.17, 15) is 0 Å².